The van der Waals surface area contributed by atoms with E-state index in [1.807, 2.05) is 12.1 Å². The van der Waals surface area contributed by atoms with Gasteiger partial charge in [0.15, 0.2) is 0 Å². The fourth-order valence-electron chi connectivity index (χ4n) is 2.99. The molecule has 5 heteroatoms. The highest BCUT2D eigenvalue weighted by Gasteiger charge is 2.51. The van der Waals surface area contributed by atoms with Crippen LogP contribution in [0.3, 0.4) is 0 Å². The zero-order valence-corrected chi connectivity index (χ0v) is 11.9. The normalized spacial score (nSPS) is 22.8. The Hall–Kier alpha value is -1.88. The second-order valence-electron chi connectivity index (χ2n) is 6.08. The molecule has 0 spiro atoms. The number of carboxylic acid groups (broad SMARTS) is 1. The largest absolute Gasteiger partial charge is 0.481 e. The molecule has 1 aliphatic carbocycles. The van der Waals surface area contributed by atoms with Crippen molar-refractivity contribution in [3.63, 3.8) is 0 Å². The van der Waals surface area contributed by atoms with Crippen molar-refractivity contribution in [1.29, 1.82) is 0 Å². The van der Waals surface area contributed by atoms with E-state index in [0.29, 0.717) is 25.2 Å². The topological polar surface area (TPSA) is 78.4 Å². The molecule has 1 aliphatic heterocycles. The molecule has 112 valence electrons. The van der Waals surface area contributed by atoms with Crippen molar-refractivity contribution in [2.24, 2.45) is 5.92 Å². The molecule has 1 heterocycles. The first-order chi connectivity index (χ1) is 10.1. The van der Waals surface area contributed by atoms with E-state index >= 15 is 0 Å². The number of amides is 1. The molecule has 0 radical (unpaired) electrons. The third-order valence-corrected chi connectivity index (χ3v) is 4.52. The Morgan fingerprint density at radius 2 is 2.00 bits per heavy atom. The standard InChI is InChI=1S/C16H20N2O3/c19-14(9-11-5-8-17-10-11)18-13-3-1-12(2-4-13)16(6-7-16)15(20)21/h1-4,11,17H,5-10H2,(H,18,19)(H,20,21). The summed E-state index contributed by atoms with van der Waals surface area (Å²) in [6.45, 7) is 1.90. The Morgan fingerprint density at radius 3 is 2.52 bits per heavy atom. The minimum Gasteiger partial charge on any atom is -0.481 e. The van der Waals surface area contributed by atoms with Crippen molar-refractivity contribution in [1.82, 2.24) is 5.32 Å². The Balaban J connectivity index is 1.59. The van der Waals surface area contributed by atoms with Gasteiger partial charge in [0.2, 0.25) is 5.91 Å². The number of carbonyl (C=O) groups is 2. The lowest BCUT2D eigenvalue weighted by atomic mass is 9.96. The number of anilines is 1. The molecule has 2 fully saturated rings. The number of aliphatic carboxylic acids is 1. The van der Waals surface area contributed by atoms with Crippen LogP contribution in [0.25, 0.3) is 0 Å². The van der Waals surface area contributed by atoms with Crippen LogP contribution in [0.1, 0.15) is 31.2 Å². The third kappa shape index (κ3) is 2.93. The van der Waals surface area contributed by atoms with Crippen molar-refractivity contribution < 1.29 is 14.7 Å². The number of hydrogen-bond acceptors (Lipinski definition) is 3. The van der Waals surface area contributed by atoms with Crippen LogP contribution in [0.15, 0.2) is 24.3 Å². The van der Waals surface area contributed by atoms with Gasteiger partial charge in [-0.3, -0.25) is 9.59 Å². The molecule has 1 atom stereocenters. The molecule has 1 saturated heterocycles. The van der Waals surface area contributed by atoms with Gasteiger partial charge in [-0.2, -0.15) is 0 Å². The smallest absolute Gasteiger partial charge is 0.314 e. The molecule has 5 nitrogen and oxygen atoms in total. The molecule has 1 aromatic carbocycles. The fraction of sp³-hybridized carbons (Fsp3) is 0.500. The zero-order valence-electron chi connectivity index (χ0n) is 11.9. The van der Waals surface area contributed by atoms with E-state index < -0.39 is 11.4 Å². The fourth-order valence-corrected chi connectivity index (χ4v) is 2.99. The van der Waals surface area contributed by atoms with E-state index in [4.69, 9.17) is 0 Å². The number of hydrogen-bond donors (Lipinski definition) is 3. The van der Waals surface area contributed by atoms with Crippen LogP contribution in [-0.4, -0.2) is 30.1 Å². The first-order valence-corrected chi connectivity index (χ1v) is 7.45. The van der Waals surface area contributed by atoms with Crippen LogP contribution in [0.4, 0.5) is 5.69 Å². The lowest BCUT2D eigenvalue weighted by Gasteiger charge is -2.12. The molecular weight excluding hydrogens is 268 g/mol. The van der Waals surface area contributed by atoms with Crippen molar-refractivity contribution in [2.45, 2.75) is 31.1 Å². The Bertz CT molecular complexity index is 543. The van der Waals surface area contributed by atoms with Gasteiger partial charge in [-0.15, -0.1) is 0 Å². The molecule has 21 heavy (non-hydrogen) atoms. The molecule has 1 unspecified atom stereocenters. The predicted molar refractivity (Wildman–Crippen MR) is 79.2 cm³/mol. The first-order valence-electron chi connectivity index (χ1n) is 7.45. The Labute approximate surface area is 123 Å². The molecule has 1 saturated carbocycles. The molecule has 0 bridgehead atoms. The van der Waals surface area contributed by atoms with Crippen LogP contribution in [0.5, 0.6) is 0 Å². The van der Waals surface area contributed by atoms with Crippen LogP contribution >= 0.6 is 0 Å². The molecule has 0 aromatic heterocycles. The third-order valence-electron chi connectivity index (χ3n) is 4.52. The second kappa shape index (κ2) is 5.48. The summed E-state index contributed by atoms with van der Waals surface area (Å²) in [4.78, 5) is 23.2. The summed E-state index contributed by atoms with van der Waals surface area (Å²) in [5.41, 5.74) is 0.877. The summed E-state index contributed by atoms with van der Waals surface area (Å²) >= 11 is 0. The van der Waals surface area contributed by atoms with Crippen LogP contribution in [0, 0.1) is 5.92 Å². The van der Waals surface area contributed by atoms with Crippen molar-refractivity contribution in [3.8, 4) is 0 Å². The van der Waals surface area contributed by atoms with Gasteiger partial charge in [-0.25, -0.2) is 0 Å². The average Bonchev–Trinajstić information content (AvgIpc) is 3.12. The quantitative estimate of drug-likeness (QED) is 0.771. The monoisotopic (exact) mass is 288 g/mol. The molecule has 1 amide bonds. The van der Waals surface area contributed by atoms with Gasteiger partial charge in [-0.05, 0) is 56.0 Å². The summed E-state index contributed by atoms with van der Waals surface area (Å²) in [6.07, 6.45) is 2.98. The van der Waals surface area contributed by atoms with Gasteiger partial charge in [0.1, 0.15) is 0 Å². The number of nitrogens with one attached hydrogen (secondary N) is 2. The predicted octanol–water partition coefficient (Wildman–Crippen LogP) is 1.74. The van der Waals surface area contributed by atoms with Gasteiger partial charge in [0, 0.05) is 12.1 Å². The Kier molecular flexibility index (Phi) is 3.68. The summed E-state index contributed by atoms with van der Waals surface area (Å²) < 4.78 is 0. The minimum atomic E-state index is -0.756. The summed E-state index contributed by atoms with van der Waals surface area (Å²) in [5.74, 6) is -0.310. The number of carboxylic acids is 1. The van der Waals surface area contributed by atoms with E-state index in [1.165, 1.54) is 0 Å². The number of rotatable bonds is 5. The van der Waals surface area contributed by atoms with Gasteiger partial charge in [-0.1, -0.05) is 12.1 Å². The van der Waals surface area contributed by atoms with Gasteiger partial charge in [0.05, 0.1) is 5.41 Å². The molecule has 3 rings (SSSR count). The van der Waals surface area contributed by atoms with E-state index in [2.05, 4.69) is 10.6 Å². The zero-order chi connectivity index (χ0) is 14.9. The van der Waals surface area contributed by atoms with Gasteiger partial charge < -0.3 is 15.7 Å². The van der Waals surface area contributed by atoms with Crippen molar-refractivity contribution in [2.75, 3.05) is 18.4 Å². The van der Waals surface area contributed by atoms with Gasteiger partial charge >= 0.3 is 5.97 Å². The highest BCUT2D eigenvalue weighted by Crippen LogP contribution is 2.48. The summed E-state index contributed by atoms with van der Waals surface area (Å²) in [5, 5.41) is 15.4. The molecule has 1 aromatic rings. The molecular formula is C16H20N2O3. The van der Waals surface area contributed by atoms with Crippen molar-refractivity contribution in [3.05, 3.63) is 29.8 Å². The highest BCUT2D eigenvalue weighted by atomic mass is 16.4. The van der Waals surface area contributed by atoms with Gasteiger partial charge in [0.25, 0.3) is 0 Å². The Morgan fingerprint density at radius 1 is 1.29 bits per heavy atom. The average molecular weight is 288 g/mol. The number of carbonyl (C=O) groups excluding carboxylic acids is 1. The maximum atomic E-state index is 11.9. The van der Waals surface area contributed by atoms with Crippen LogP contribution in [-0.2, 0) is 15.0 Å². The lowest BCUT2D eigenvalue weighted by molar-refractivity contribution is -0.140. The highest BCUT2D eigenvalue weighted by molar-refractivity contribution is 5.91. The van der Waals surface area contributed by atoms with Crippen molar-refractivity contribution >= 4 is 17.6 Å². The first kappa shape index (κ1) is 14.1. The lowest BCUT2D eigenvalue weighted by Crippen LogP contribution is -2.20. The van der Waals surface area contributed by atoms with E-state index in [1.54, 1.807) is 12.1 Å². The second-order valence-corrected chi connectivity index (χ2v) is 6.08. The minimum absolute atomic E-state index is 0.0239. The maximum Gasteiger partial charge on any atom is 0.314 e. The SMILES string of the molecule is O=C(CC1CCNC1)Nc1ccc(C2(C(=O)O)CC2)cc1. The molecule has 3 N–H and O–H groups in total. The molecule has 2 aliphatic rings. The summed E-state index contributed by atoms with van der Waals surface area (Å²) in [6, 6.07) is 7.22. The van der Waals surface area contributed by atoms with Crippen LogP contribution in [0.2, 0.25) is 0 Å². The van der Waals surface area contributed by atoms with E-state index in [9.17, 15) is 14.7 Å². The maximum absolute atomic E-state index is 11.9. The number of benzene rings is 1. The summed E-state index contributed by atoms with van der Waals surface area (Å²) in [7, 11) is 0. The van der Waals surface area contributed by atoms with E-state index in [0.717, 1.165) is 30.8 Å². The van der Waals surface area contributed by atoms with E-state index in [-0.39, 0.29) is 5.91 Å². The van der Waals surface area contributed by atoms with Crippen LogP contribution < -0.4 is 10.6 Å².